The zero-order valence-electron chi connectivity index (χ0n) is 6.71. The number of hydrogen-bond donors (Lipinski definition) is 0. The van der Waals surface area contributed by atoms with Gasteiger partial charge in [0.1, 0.15) is 12.3 Å². The van der Waals surface area contributed by atoms with Crippen LogP contribution in [0.15, 0.2) is 0 Å². The number of alkyl halides is 1. The maximum Gasteiger partial charge on any atom is 0.219 e. The zero-order valence-corrected chi connectivity index (χ0v) is 6.71. The Bertz CT molecular complexity index is 163. The van der Waals surface area contributed by atoms with Crippen molar-refractivity contribution in [3.8, 4) is 0 Å². The molecule has 1 saturated heterocycles. The number of halogens is 1. The van der Waals surface area contributed by atoms with Gasteiger partial charge in [0.2, 0.25) is 5.91 Å². The second-order valence-corrected chi connectivity index (χ2v) is 2.71. The molecule has 1 fully saturated rings. The standard InChI is InChI=1S/C7H12FNO2/c1-5(10)9-3-6(8)7(4-9)11-2/h6-7H,3-4H2,1-2H3/t6?,7-/m1/s1. The monoisotopic (exact) mass is 161 g/mol. The molecule has 1 unspecified atom stereocenters. The Morgan fingerprint density at radius 2 is 2.27 bits per heavy atom. The molecule has 0 N–H and O–H groups in total. The molecule has 1 heterocycles. The normalized spacial score (nSPS) is 31.0. The summed E-state index contributed by atoms with van der Waals surface area (Å²) in [6, 6.07) is 0. The molecular formula is C7H12FNO2. The summed E-state index contributed by atoms with van der Waals surface area (Å²) in [7, 11) is 1.46. The number of carbonyl (C=O) groups is 1. The van der Waals surface area contributed by atoms with Crippen molar-refractivity contribution in [2.75, 3.05) is 20.2 Å². The lowest BCUT2D eigenvalue weighted by atomic mass is 10.3. The molecule has 11 heavy (non-hydrogen) atoms. The van der Waals surface area contributed by atoms with E-state index in [0.29, 0.717) is 6.54 Å². The summed E-state index contributed by atoms with van der Waals surface area (Å²) in [5, 5.41) is 0. The molecule has 0 bridgehead atoms. The first-order valence-corrected chi connectivity index (χ1v) is 3.57. The average molecular weight is 161 g/mol. The van der Waals surface area contributed by atoms with E-state index in [1.54, 1.807) is 0 Å². The lowest BCUT2D eigenvalue weighted by Gasteiger charge is -2.11. The van der Waals surface area contributed by atoms with Crippen molar-refractivity contribution in [1.29, 1.82) is 0 Å². The van der Waals surface area contributed by atoms with Crippen molar-refractivity contribution >= 4 is 5.91 Å². The molecule has 0 spiro atoms. The van der Waals surface area contributed by atoms with Crippen LogP contribution < -0.4 is 0 Å². The van der Waals surface area contributed by atoms with Crippen LogP contribution in [-0.2, 0) is 9.53 Å². The van der Waals surface area contributed by atoms with Crippen molar-refractivity contribution in [2.45, 2.75) is 19.2 Å². The molecule has 0 aromatic rings. The molecule has 0 radical (unpaired) electrons. The van der Waals surface area contributed by atoms with Crippen molar-refractivity contribution < 1.29 is 13.9 Å². The average Bonchev–Trinajstić information content (AvgIpc) is 2.31. The van der Waals surface area contributed by atoms with Gasteiger partial charge in [-0.3, -0.25) is 4.79 Å². The van der Waals surface area contributed by atoms with E-state index in [1.165, 1.54) is 18.9 Å². The van der Waals surface area contributed by atoms with E-state index in [-0.39, 0.29) is 12.5 Å². The van der Waals surface area contributed by atoms with Gasteiger partial charge in [-0.25, -0.2) is 4.39 Å². The number of carbonyl (C=O) groups excluding carboxylic acids is 1. The quantitative estimate of drug-likeness (QED) is 0.550. The molecule has 4 heteroatoms. The predicted molar refractivity (Wildman–Crippen MR) is 37.9 cm³/mol. The number of ether oxygens (including phenoxy) is 1. The van der Waals surface area contributed by atoms with Crippen LogP contribution in [0.1, 0.15) is 6.92 Å². The molecule has 1 amide bonds. The Morgan fingerprint density at radius 1 is 1.64 bits per heavy atom. The second-order valence-electron chi connectivity index (χ2n) is 2.71. The zero-order chi connectivity index (χ0) is 8.43. The van der Waals surface area contributed by atoms with E-state index in [0.717, 1.165) is 0 Å². The number of likely N-dealkylation sites (tertiary alicyclic amines) is 1. The van der Waals surface area contributed by atoms with Gasteiger partial charge in [0.25, 0.3) is 0 Å². The van der Waals surface area contributed by atoms with E-state index in [9.17, 15) is 9.18 Å². The van der Waals surface area contributed by atoms with E-state index >= 15 is 0 Å². The number of amides is 1. The van der Waals surface area contributed by atoms with Crippen LogP contribution in [0.3, 0.4) is 0 Å². The maximum absolute atomic E-state index is 12.9. The minimum Gasteiger partial charge on any atom is -0.377 e. The van der Waals surface area contributed by atoms with Crippen LogP contribution >= 0.6 is 0 Å². The molecule has 0 aromatic heterocycles. The van der Waals surface area contributed by atoms with Crippen molar-refractivity contribution in [3.63, 3.8) is 0 Å². The molecule has 2 atom stereocenters. The first-order valence-electron chi connectivity index (χ1n) is 3.57. The van der Waals surface area contributed by atoms with Gasteiger partial charge in [0, 0.05) is 20.6 Å². The second kappa shape index (κ2) is 3.17. The highest BCUT2D eigenvalue weighted by molar-refractivity contribution is 5.73. The minimum atomic E-state index is -1.02. The fourth-order valence-electron chi connectivity index (χ4n) is 1.21. The molecule has 0 saturated carbocycles. The smallest absolute Gasteiger partial charge is 0.219 e. The van der Waals surface area contributed by atoms with Crippen molar-refractivity contribution in [3.05, 3.63) is 0 Å². The Labute approximate surface area is 65.1 Å². The van der Waals surface area contributed by atoms with Gasteiger partial charge in [-0.1, -0.05) is 0 Å². The van der Waals surface area contributed by atoms with Crippen LogP contribution in [0.5, 0.6) is 0 Å². The lowest BCUT2D eigenvalue weighted by Crippen LogP contribution is -2.27. The molecule has 3 nitrogen and oxygen atoms in total. The first-order chi connectivity index (χ1) is 5.15. The summed E-state index contributed by atoms with van der Waals surface area (Å²) in [4.78, 5) is 12.2. The van der Waals surface area contributed by atoms with Crippen molar-refractivity contribution in [2.24, 2.45) is 0 Å². The number of rotatable bonds is 1. The Morgan fingerprint density at radius 3 is 2.55 bits per heavy atom. The van der Waals surface area contributed by atoms with Gasteiger partial charge in [0.05, 0.1) is 6.54 Å². The fraction of sp³-hybridized carbons (Fsp3) is 0.857. The molecule has 0 aliphatic carbocycles. The summed E-state index contributed by atoms with van der Waals surface area (Å²) in [6.45, 7) is 1.99. The third-order valence-corrected chi connectivity index (χ3v) is 1.95. The Hall–Kier alpha value is -0.640. The molecular weight excluding hydrogens is 149 g/mol. The highest BCUT2D eigenvalue weighted by Crippen LogP contribution is 2.15. The third-order valence-electron chi connectivity index (χ3n) is 1.95. The van der Waals surface area contributed by atoms with Gasteiger partial charge >= 0.3 is 0 Å². The summed E-state index contributed by atoms with van der Waals surface area (Å²) < 4.78 is 17.7. The fourth-order valence-corrected chi connectivity index (χ4v) is 1.21. The number of nitrogens with zero attached hydrogens (tertiary/aromatic N) is 1. The van der Waals surface area contributed by atoms with Crippen LogP contribution in [0.25, 0.3) is 0 Å². The van der Waals surface area contributed by atoms with Gasteiger partial charge in [-0.05, 0) is 0 Å². The van der Waals surface area contributed by atoms with Crippen LogP contribution in [0.4, 0.5) is 4.39 Å². The highest BCUT2D eigenvalue weighted by atomic mass is 19.1. The summed E-state index contributed by atoms with van der Waals surface area (Å²) in [5.74, 6) is -0.0906. The van der Waals surface area contributed by atoms with Gasteiger partial charge < -0.3 is 9.64 Å². The molecule has 1 aliphatic heterocycles. The molecule has 64 valence electrons. The molecule has 0 aromatic carbocycles. The maximum atomic E-state index is 12.9. The van der Waals surface area contributed by atoms with Crippen LogP contribution in [0.2, 0.25) is 0 Å². The van der Waals surface area contributed by atoms with E-state index < -0.39 is 12.3 Å². The molecule has 1 aliphatic rings. The van der Waals surface area contributed by atoms with E-state index in [1.807, 2.05) is 0 Å². The largest absolute Gasteiger partial charge is 0.377 e. The van der Waals surface area contributed by atoms with E-state index in [2.05, 4.69) is 0 Å². The SMILES string of the molecule is CO[C@@H]1CN(C(C)=O)CC1F. The van der Waals surface area contributed by atoms with Gasteiger partial charge in [0.15, 0.2) is 0 Å². The minimum absolute atomic E-state index is 0.0906. The highest BCUT2D eigenvalue weighted by Gasteiger charge is 2.33. The van der Waals surface area contributed by atoms with E-state index in [4.69, 9.17) is 4.74 Å². The van der Waals surface area contributed by atoms with Crippen LogP contribution in [0, 0.1) is 0 Å². The third kappa shape index (κ3) is 1.68. The first kappa shape index (κ1) is 8.46. The predicted octanol–water partition coefficient (Wildman–Crippen LogP) is 0.202. The van der Waals surface area contributed by atoms with Gasteiger partial charge in [-0.2, -0.15) is 0 Å². The lowest BCUT2D eigenvalue weighted by molar-refractivity contribution is -0.128. The molecule has 1 rings (SSSR count). The van der Waals surface area contributed by atoms with Crippen molar-refractivity contribution in [1.82, 2.24) is 4.90 Å². The Kier molecular flexibility index (Phi) is 2.44. The number of hydrogen-bond acceptors (Lipinski definition) is 2. The van der Waals surface area contributed by atoms with Crippen LogP contribution in [-0.4, -0.2) is 43.3 Å². The number of methoxy groups -OCH3 is 1. The Balaban J connectivity index is 2.49. The summed E-state index contributed by atoms with van der Waals surface area (Å²) >= 11 is 0. The topological polar surface area (TPSA) is 29.5 Å². The van der Waals surface area contributed by atoms with Gasteiger partial charge in [-0.15, -0.1) is 0 Å². The summed E-state index contributed by atoms with van der Waals surface area (Å²) in [6.07, 6.45) is -1.46. The summed E-state index contributed by atoms with van der Waals surface area (Å²) in [5.41, 5.74) is 0.